The highest BCUT2D eigenvalue weighted by molar-refractivity contribution is 6.04. The highest BCUT2D eigenvalue weighted by atomic mass is 16.4. The third-order valence-electron chi connectivity index (χ3n) is 4.35. The fraction of sp³-hybridized carbons (Fsp3) is 0.100. The van der Waals surface area contributed by atoms with Crippen LogP contribution in [-0.2, 0) is 0 Å². The molecule has 0 spiro atoms. The number of nitriles is 1. The Morgan fingerprint density at radius 1 is 0.917 bits per heavy atom. The van der Waals surface area contributed by atoms with E-state index in [9.17, 15) is 10.1 Å². The highest BCUT2D eigenvalue weighted by Crippen LogP contribution is 2.36. The van der Waals surface area contributed by atoms with Crippen molar-refractivity contribution in [3.05, 3.63) is 69.8 Å². The standard InChI is InChI=1S/C20H13NO3/c1-11-14-8-16-15(13-6-4-3-5-7-13)9-18(22)24-20(16)12(2)19(14)23-17(11)10-21/h3-9H,1-2H3. The van der Waals surface area contributed by atoms with Crippen LogP contribution in [0.15, 0.2) is 56.1 Å². The topological polar surface area (TPSA) is 67.1 Å². The van der Waals surface area contributed by atoms with Crippen molar-refractivity contribution in [1.82, 2.24) is 0 Å². The molecule has 0 saturated carbocycles. The molecule has 0 amide bonds. The van der Waals surface area contributed by atoms with Gasteiger partial charge in [0.25, 0.3) is 0 Å². The molecule has 2 aromatic carbocycles. The van der Waals surface area contributed by atoms with Crippen molar-refractivity contribution in [2.24, 2.45) is 0 Å². The van der Waals surface area contributed by atoms with Crippen LogP contribution in [0.3, 0.4) is 0 Å². The Hall–Kier alpha value is -3.32. The van der Waals surface area contributed by atoms with Crippen LogP contribution < -0.4 is 5.63 Å². The van der Waals surface area contributed by atoms with E-state index >= 15 is 0 Å². The van der Waals surface area contributed by atoms with E-state index in [-0.39, 0.29) is 5.76 Å². The van der Waals surface area contributed by atoms with Gasteiger partial charge in [0.2, 0.25) is 5.76 Å². The molecule has 4 rings (SSSR count). The van der Waals surface area contributed by atoms with Crippen LogP contribution in [0.5, 0.6) is 0 Å². The maximum Gasteiger partial charge on any atom is 0.336 e. The fourth-order valence-corrected chi connectivity index (χ4v) is 3.11. The number of rotatable bonds is 1. The van der Waals surface area contributed by atoms with Gasteiger partial charge in [-0.15, -0.1) is 0 Å². The van der Waals surface area contributed by atoms with E-state index in [1.807, 2.05) is 50.2 Å². The summed E-state index contributed by atoms with van der Waals surface area (Å²) in [4.78, 5) is 12.0. The molecule has 0 radical (unpaired) electrons. The van der Waals surface area contributed by atoms with Crippen LogP contribution in [-0.4, -0.2) is 0 Å². The van der Waals surface area contributed by atoms with Gasteiger partial charge < -0.3 is 8.83 Å². The molecule has 0 atom stereocenters. The second kappa shape index (κ2) is 5.10. The summed E-state index contributed by atoms with van der Waals surface area (Å²) in [5.74, 6) is 0.284. The number of benzene rings is 2. The minimum Gasteiger partial charge on any atom is -0.445 e. The number of fused-ring (bicyclic) bond motifs is 2. The van der Waals surface area contributed by atoms with Gasteiger partial charge in [-0.05, 0) is 31.0 Å². The summed E-state index contributed by atoms with van der Waals surface area (Å²) < 4.78 is 11.1. The van der Waals surface area contributed by atoms with Crippen molar-refractivity contribution >= 4 is 21.9 Å². The molecule has 0 bridgehead atoms. The molecular weight excluding hydrogens is 302 g/mol. The SMILES string of the molecule is Cc1c(C#N)oc2c(C)c3oc(=O)cc(-c4ccccc4)c3cc12. The predicted octanol–water partition coefficient (Wildman–Crippen LogP) is 4.69. The average molecular weight is 315 g/mol. The van der Waals surface area contributed by atoms with Gasteiger partial charge in [0, 0.05) is 28.0 Å². The van der Waals surface area contributed by atoms with Gasteiger partial charge in [-0.1, -0.05) is 30.3 Å². The van der Waals surface area contributed by atoms with Crippen LogP contribution >= 0.6 is 0 Å². The Balaban J connectivity index is 2.21. The molecule has 4 aromatic rings. The predicted molar refractivity (Wildman–Crippen MR) is 91.9 cm³/mol. The first-order valence-corrected chi connectivity index (χ1v) is 7.56. The van der Waals surface area contributed by atoms with E-state index in [1.165, 1.54) is 6.07 Å². The van der Waals surface area contributed by atoms with Crippen LogP contribution in [0.2, 0.25) is 0 Å². The lowest BCUT2D eigenvalue weighted by Crippen LogP contribution is -1.99. The third kappa shape index (κ3) is 1.95. The molecule has 0 saturated heterocycles. The van der Waals surface area contributed by atoms with Gasteiger partial charge in [0.05, 0.1) is 0 Å². The fourth-order valence-electron chi connectivity index (χ4n) is 3.11. The molecule has 0 aliphatic heterocycles. The zero-order valence-electron chi connectivity index (χ0n) is 13.2. The first-order chi connectivity index (χ1) is 11.6. The van der Waals surface area contributed by atoms with E-state index in [1.54, 1.807) is 0 Å². The summed E-state index contributed by atoms with van der Waals surface area (Å²) in [5, 5.41) is 10.9. The van der Waals surface area contributed by atoms with Gasteiger partial charge in [-0.3, -0.25) is 0 Å². The summed E-state index contributed by atoms with van der Waals surface area (Å²) in [6.45, 7) is 3.70. The average Bonchev–Trinajstić information content (AvgIpc) is 2.92. The zero-order chi connectivity index (χ0) is 16.8. The first-order valence-electron chi connectivity index (χ1n) is 7.56. The Morgan fingerprint density at radius 2 is 1.62 bits per heavy atom. The molecule has 116 valence electrons. The van der Waals surface area contributed by atoms with E-state index in [4.69, 9.17) is 8.83 Å². The molecule has 0 aliphatic carbocycles. The van der Waals surface area contributed by atoms with Crippen LogP contribution in [0.4, 0.5) is 0 Å². The van der Waals surface area contributed by atoms with Crippen molar-refractivity contribution in [2.45, 2.75) is 13.8 Å². The molecule has 2 aromatic heterocycles. The molecule has 0 aliphatic rings. The lowest BCUT2D eigenvalue weighted by molar-refractivity contribution is 0.555. The van der Waals surface area contributed by atoms with Gasteiger partial charge in [-0.25, -0.2) is 4.79 Å². The molecule has 0 fully saturated rings. The Bertz CT molecular complexity index is 1190. The van der Waals surface area contributed by atoms with Gasteiger partial charge >= 0.3 is 5.63 Å². The van der Waals surface area contributed by atoms with Gasteiger partial charge in [0.15, 0.2) is 0 Å². The van der Waals surface area contributed by atoms with E-state index < -0.39 is 5.63 Å². The summed E-state index contributed by atoms with van der Waals surface area (Å²) in [5.41, 5.74) is 3.94. The molecule has 0 N–H and O–H groups in total. The number of hydrogen-bond donors (Lipinski definition) is 0. The van der Waals surface area contributed by atoms with Gasteiger partial charge in [-0.2, -0.15) is 5.26 Å². The maximum absolute atomic E-state index is 12.0. The summed E-state index contributed by atoms with van der Waals surface area (Å²) in [7, 11) is 0. The van der Waals surface area contributed by atoms with Gasteiger partial charge in [0.1, 0.15) is 17.2 Å². The second-order valence-electron chi connectivity index (χ2n) is 5.77. The Kier molecular flexibility index (Phi) is 3.04. The summed E-state index contributed by atoms with van der Waals surface area (Å²) >= 11 is 0. The van der Waals surface area contributed by atoms with Crippen LogP contribution in [0.1, 0.15) is 16.9 Å². The van der Waals surface area contributed by atoms with Crippen molar-refractivity contribution in [1.29, 1.82) is 5.26 Å². The molecule has 4 heteroatoms. The lowest BCUT2D eigenvalue weighted by atomic mass is 9.98. The number of hydrogen-bond acceptors (Lipinski definition) is 4. The molecule has 24 heavy (non-hydrogen) atoms. The monoisotopic (exact) mass is 315 g/mol. The number of aryl methyl sites for hydroxylation is 2. The van der Waals surface area contributed by atoms with E-state index in [0.29, 0.717) is 11.2 Å². The zero-order valence-corrected chi connectivity index (χ0v) is 13.2. The third-order valence-corrected chi connectivity index (χ3v) is 4.35. The van der Waals surface area contributed by atoms with Crippen LogP contribution in [0, 0.1) is 25.2 Å². The minimum atomic E-state index is -0.410. The highest BCUT2D eigenvalue weighted by Gasteiger charge is 2.18. The van der Waals surface area contributed by atoms with Crippen LogP contribution in [0.25, 0.3) is 33.1 Å². The second-order valence-corrected chi connectivity index (χ2v) is 5.77. The minimum absolute atomic E-state index is 0.284. The van der Waals surface area contributed by atoms with Crippen molar-refractivity contribution in [2.75, 3.05) is 0 Å². The van der Waals surface area contributed by atoms with Crippen molar-refractivity contribution < 1.29 is 8.83 Å². The number of nitrogens with zero attached hydrogens (tertiary/aromatic N) is 1. The summed E-state index contributed by atoms with van der Waals surface area (Å²) in [6, 6.07) is 15.2. The molecule has 4 nitrogen and oxygen atoms in total. The number of furan rings is 1. The summed E-state index contributed by atoms with van der Waals surface area (Å²) in [6.07, 6.45) is 0. The van der Waals surface area contributed by atoms with E-state index in [0.717, 1.165) is 33.0 Å². The lowest BCUT2D eigenvalue weighted by Gasteiger charge is -2.08. The smallest absolute Gasteiger partial charge is 0.336 e. The van der Waals surface area contributed by atoms with Crippen molar-refractivity contribution in [3.8, 4) is 17.2 Å². The molecular formula is C20H13NO3. The first kappa shape index (κ1) is 14.3. The maximum atomic E-state index is 12.0. The van der Waals surface area contributed by atoms with E-state index in [2.05, 4.69) is 6.07 Å². The molecule has 2 heterocycles. The Labute approximate surface area is 137 Å². The quantitative estimate of drug-likeness (QED) is 0.478. The van der Waals surface area contributed by atoms with Crippen molar-refractivity contribution in [3.63, 3.8) is 0 Å². The largest absolute Gasteiger partial charge is 0.445 e. The normalized spacial score (nSPS) is 11.0. The Morgan fingerprint density at radius 3 is 2.33 bits per heavy atom. The molecule has 0 unspecified atom stereocenters.